The van der Waals surface area contributed by atoms with Crippen LogP contribution in [0.1, 0.15) is 11.1 Å². The van der Waals surface area contributed by atoms with Crippen LogP contribution in [0.2, 0.25) is 0 Å². The number of carbonyl (C=O) groups is 2. The molecule has 1 aliphatic heterocycles. The number of alkyl halides is 3. The van der Waals surface area contributed by atoms with Gasteiger partial charge in [-0.1, -0.05) is 12.1 Å². The number of anilines is 2. The summed E-state index contributed by atoms with van der Waals surface area (Å²) in [7, 11) is 1.52. The number of morpholine rings is 1. The zero-order valence-corrected chi connectivity index (χ0v) is 17.4. The minimum atomic E-state index is -4.56. The summed E-state index contributed by atoms with van der Waals surface area (Å²) in [4.78, 5) is 26.2. The third kappa shape index (κ3) is 6.36. The lowest BCUT2D eigenvalue weighted by Gasteiger charge is -2.31. The maximum absolute atomic E-state index is 13.2. The van der Waals surface area contributed by atoms with Crippen LogP contribution in [0, 0.1) is 0 Å². The number of esters is 1. The molecule has 1 amide bonds. The number of methoxy groups -OCH3 is 1. The highest BCUT2D eigenvalue weighted by molar-refractivity contribution is 5.96. The van der Waals surface area contributed by atoms with Gasteiger partial charge in [0, 0.05) is 13.1 Å². The van der Waals surface area contributed by atoms with Crippen molar-refractivity contribution in [3.05, 3.63) is 53.6 Å². The molecule has 1 saturated heterocycles. The third-order valence-electron chi connectivity index (χ3n) is 4.82. The molecular weight excluding hydrogens is 429 g/mol. The number of hydrogen-bond acceptors (Lipinski definition) is 6. The van der Waals surface area contributed by atoms with Crippen molar-refractivity contribution in [3.63, 3.8) is 0 Å². The van der Waals surface area contributed by atoms with Gasteiger partial charge in [-0.3, -0.25) is 9.59 Å². The zero-order chi connectivity index (χ0) is 23.1. The van der Waals surface area contributed by atoms with Gasteiger partial charge in [0.1, 0.15) is 5.75 Å². The Morgan fingerprint density at radius 3 is 2.41 bits per heavy atom. The summed E-state index contributed by atoms with van der Waals surface area (Å²) in [6.07, 6.45) is -4.62. The SMILES string of the molecule is COc1ccc(CC(=O)OCC(=O)Nc2cc(C(F)(F)F)ccc2N2CCOCC2)cc1. The maximum atomic E-state index is 13.2. The molecule has 1 N–H and O–H groups in total. The Balaban J connectivity index is 1.63. The molecule has 1 aliphatic rings. The van der Waals surface area contributed by atoms with E-state index < -0.39 is 30.2 Å². The van der Waals surface area contributed by atoms with Crippen LogP contribution in [-0.4, -0.2) is 51.9 Å². The average molecular weight is 452 g/mol. The number of carbonyl (C=O) groups excluding carboxylic acids is 2. The van der Waals surface area contributed by atoms with Gasteiger partial charge in [-0.05, 0) is 35.9 Å². The van der Waals surface area contributed by atoms with Crippen LogP contribution in [-0.2, 0) is 31.7 Å². The van der Waals surface area contributed by atoms with Gasteiger partial charge in [-0.25, -0.2) is 0 Å². The summed E-state index contributed by atoms with van der Waals surface area (Å²) in [6.45, 7) is 1.19. The quantitative estimate of drug-likeness (QED) is 0.650. The fourth-order valence-corrected chi connectivity index (χ4v) is 3.19. The number of nitrogens with zero attached hydrogens (tertiary/aromatic N) is 1. The van der Waals surface area contributed by atoms with Crippen LogP contribution in [0.5, 0.6) is 5.75 Å². The minimum absolute atomic E-state index is 0.00192. The number of ether oxygens (including phenoxy) is 3. The Morgan fingerprint density at radius 2 is 1.78 bits per heavy atom. The molecule has 0 unspecified atom stereocenters. The summed E-state index contributed by atoms with van der Waals surface area (Å²) in [6, 6.07) is 9.93. The molecule has 0 aromatic heterocycles. The van der Waals surface area contributed by atoms with Gasteiger partial charge in [0.15, 0.2) is 6.61 Å². The summed E-state index contributed by atoms with van der Waals surface area (Å²) < 4.78 is 54.8. The largest absolute Gasteiger partial charge is 0.497 e. The molecule has 2 aromatic rings. The molecule has 7 nitrogen and oxygen atoms in total. The molecule has 1 fully saturated rings. The van der Waals surface area contributed by atoms with Gasteiger partial charge in [-0.15, -0.1) is 0 Å². The Kier molecular flexibility index (Phi) is 7.57. The molecule has 0 spiro atoms. The highest BCUT2D eigenvalue weighted by atomic mass is 19.4. The van der Waals surface area contributed by atoms with Crippen LogP contribution in [0.15, 0.2) is 42.5 Å². The fraction of sp³-hybridized carbons (Fsp3) is 0.364. The number of hydrogen-bond donors (Lipinski definition) is 1. The number of halogens is 3. The fourth-order valence-electron chi connectivity index (χ4n) is 3.19. The van der Waals surface area contributed by atoms with Crippen molar-refractivity contribution in [1.82, 2.24) is 0 Å². The minimum Gasteiger partial charge on any atom is -0.497 e. The molecule has 0 aliphatic carbocycles. The van der Waals surface area contributed by atoms with E-state index in [1.54, 1.807) is 24.3 Å². The number of nitrogens with one attached hydrogen (secondary N) is 1. The van der Waals surface area contributed by atoms with Crippen molar-refractivity contribution >= 4 is 23.3 Å². The molecular formula is C22H23F3N2O5. The molecule has 10 heteroatoms. The van der Waals surface area contributed by atoms with Crippen LogP contribution in [0.3, 0.4) is 0 Å². The second-order valence-corrected chi connectivity index (χ2v) is 7.06. The van der Waals surface area contributed by atoms with Gasteiger partial charge >= 0.3 is 12.1 Å². The van der Waals surface area contributed by atoms with Crippen LogP contribution in [0.4, 0.5) is 24.5 Å². The predicted octanol–water partition coefficient (Wildman–Crippen LogP) is 3.28. The summed E-state index contributed by atoms with van der Waals surface area (Å²) in [5, 5.41) is 2.44. The smallest absolute Gasteiger partial charge is 0.416 e. The Morgan fingerprint density at radius 1 is 1.09 bits per heavy atom. The van der Waals surface area contributed by atoms with E-state index >= 15 is 0 Å². The van der Waals surface area contributed by atoms with Crippen molar-refractivity contribution in [2.24, 2.45) is 0 Å². The lowest BCUT2D eigenvalue weighted by atomic mass is 10.1. The van der Waals surface area contributed by atoms with Crippen molar-refractivity contribution in [2.45, 2.75) is 12.6 Å². The molecule has 0 atom stereocenters. The summed E-state index contributed by atoms with van der Waals surface area (Å²) in [5.41, 5.74) is 0.224. The van der Waals surface area contributed by atoms with E-state index in [2.05, 4.69) is 5.32 Å². The molecule has 172 valence electrons. The van der Waals surface area contributed by atoms with Crippen molar-refractivity contribution < 1.29 is 37.0 Å². The first-order chi connectivity index (χ1) is 15.3. The topological polar surface area (TPSA) is 77.1 Å². The third-order valence-corrected chi connectivity index (χ3v) is 4.82. The standard InChI is InChI=1S/C22H23F3N2O5/c1-30-17-5-2-15(3-6-17)12-21(29)32-14-20(28)26-18-13-16(22(23,24)25)4-7-19(18)27-8-10-31-11-9-27/h2-7,13H,8-12,14H2,1H3,(H,26,28). The highest BCUT2D eigenvalue weighted by Gasteiger charge is 2.32. The van der Waals surface area contributed by atoms with E-state index in [1.165, 1.54) is 13.2 Å². The summed E-state index contributed by atoms with van der Waals surface area (Å²) in [5.74, 6) is -0.733. The normalized spacial score (nSPS) is 14.1. The Labute approximate surface area is 183 Å². The van der Waals surface area contributed by atoms with Crippen LogP contribution < -0.4 is 15.0 Å². The van der Waals surface area contributed by atoms with Gasteiger partial charge in [0.2, 0.25) is 0 Å². The second kappa shape index (κ2) is 10.4. The lowest BCUT2D eigenvalue weighted by molar-refractivity contribution is -0.146. The van der Waals surface area contributed by atoms with Gasteiger partial charge < -0.3 is 24.4 Å². The van der Waals surface area contributed by atoms with E-state index in [-0.39, 0.29) is 12.1 Å². The van der Waals surface area contributed by atoms with Gasteiger partial charge in [0.25, 0.3) is 5.91 Å². The first kappa shape index (κ1) is 23.4. The predicted molar refractivity (Wildman–Crippen MR) is 111 cm³/mol. The number of amides is 1. The molecule has 3 rings (SSSR count). The lowest BCUT2D eigenvalue weighted by Crippen LogP contribution is -2.37. The van der Waals surface area contributed by atoms with E-state index in [1.807, 2.05) is 4.90 Å². The van der Waals surface area contributed by atoms with E-state index in [0.717, 1.165) is 12.1 Å². The summed E-state index contributed by atoms with van der Waals surface area (Å²) >= 11 is 0. The Hall–Kier alpha value is -3.27. The van der Waals surface area contributed by atoms with Gasteiger partial charge in [-0.2, -0.15) is 13.2 Å². The highest BCUT2D eigenvalue weighted by Crippen LogP contribution is 2.35. The van der Waals surface area contributed by atoms with Crippen molar-refractivity contribution in [2.75, 3.05) is 50.2 Å². The molecule has 1 heterocycles. The molecule has 0 bridgehead atoms. The molecule has 0 saturated carbocycles. The van der Waals surface area contributed by atoms with E-state index in [4.69, 9.17) is 14.2 Å². The average Bonchev–Trinajstić information content (AvgIpc) is 2.78. The van der Waals surface area contributed by atoms with Crippen LogP contribution >= 0.6 is 0 Å². The first-order valence-corrected chi connectivity index (χ1v) is 9.88. The van der Waals surface area contributed by atoms with Crippen molar-refractivity contribution in [1.29, 1.82) is 0 Å². The molecule has 2 aromatic carbocycles. The molecule has 0 radical (unpaired) electrons. The number of benzene rings is 2. The number of rotatable bonds is 7. The van der Waals surface area contributed by atoms with E-state index in [9.17, 15) is 22.8 Å². The second-order valence-electron chi connectivity index (χ2n) is 7.06. The first-order valence-electron chi connectivity index (χ1n) is 9.88. The van der Waals surface area contributed by atoms with E-state index in [0.29, 0.717) is 43.3 Å². The zero-order valence-electron chi connectivity index (χ0n) is 17.4. The maximum Gasteiger partial charge on any atom is 0.416 e. The Bertz CT molecular complexity index is 942. The molecule has 32 heavy (non-hydrogen) atoms. The van der Waals surface area contributed by atoms with Crippen LogP contribution in [0.25, 0.3) is 0 Å². The van der Waals surface area contributed by atoms with Crippen molar-refractivity contribution in [3.8, 4) is 5.75 Å². The van der Waals surface area contributed by atoms with Gasteiger partial charge in [0.05, 0.1) is 43.7 Å². The monoisotopic (exact) mass is 452 g/mol.